The van der Waals surface area contributed by atoms with Gasteiger partial charge in [-0.05, 0) is 69.1 Å². The third-order valence-electron chi connectivity index (χ3n) is 5.55. The van der Waals surface area contributed by atoms with Gasteiger partial charge in [0.15, 0.2) is 17.2 Å². The Morgan fingerprint density at radius 1 is 1.17 bits per heavy atom. The first-order valence-corrected chi connectivity index (χ1v) is 10.4. The molecule has 1 saturated heterocycles. The maximum absolute atomic E-state index is 12.9. The predicted molar refractivity (Wildman–Crippen MR) is 116 cm³/mol. The van der Waals surface area contributed by atoms with Gasteiger partial charge in [-0.2, -0.15) is 5.10 Å². The molecule has 3 heterocycles. The van der Waals surface area contributed by atoms with Crippen LogP contribution in [0.2, 0.25) is 0 Å². The van der Waals surface area contributed by atoms with Crippen molar-refractivity contribution in [2.45, 2.75) is 31.7 Å². The van der Waals surface area contributed by atoms with Crippen LogP contribution in [-0.4, -0.2) is 49.0 Å². The van der Waals surface area contributed by atoms with E-state index in [4.69, 9.17) is 9.47 Å². The van der Waals surface area contributed by atoms with Crippen molar-refractivity contribution in [3.63, 3.8) is 0 Å². The zero-order valence-electron chi connectivity index (χ0n) is 17.5. The second-order valence-corrected chi connectivity index (χ2v) is 7.52. The number of allylic oxidation sites excluding steroid dienone is 3. The Hall–Kier alpha value is -3.06. The van der Waals surface area contributed by atoms with Gasteiger partial charge in [0.05, 0.1) is 19.9 Å². The van der Waals surface area contributed by atoms with Crippen LogP contribution in [0.1, 0.15) is 41.0 Å². The van der Waals surface area contributed by atoms with E-state index in [0.717, 1.165) is 55.7 Å². The standard InChI is InChI=1S/C23H28N4O3/c1-29-21-9-8-16(14-22(21)30-2)20-7-5-3-4-6-18-15-19(26-27(18)20)23(28)25-17-10-12-24-13-11-17/h3,5,7-9,14-15,17,24H,4,6,10-13H2,1-2H3,(H,25,28)/b5-3-,20-7-. The fourth-order valence-corrected chi connectivity index (χ4v) is 3.91. The number of carbonyl (C=O) groups is 1. The summed E-state index contributed by atoms with van der Waals surface area (Å²) in [6.07, 6.45) is 9.79. The normalized spacial score (nSPS) is 19.6. The third-order valence-corrected chi connectivity index (χ3v) is 5.55. The van der Waals surface area contributed by atoms with Crippen molar-refractivity contribution in [2.75, 3.05) is 27.3 Å². The van der Waals surface area contributed by atoms with Crippen LogP contribution < -0.4 is 20.1 Å². The second kappa shape index (κ2) is 9.17. The number of aromatic nitrogens is 2. The Morgan fingerprint density at radius 2 is 1.97 bits per heavy atom. The molecule has 1 amide bonds. The highest BCUT2D eigenvalue weighted by Crippen LogP contribution is 2.32. The van der Waals surface area contributed by atoms with E-state index < -0.39 is 0 Å². The average Bonchev–Trinajstić information content (AvgIpc) is 3.17. The lowest BCUT2D eigenvalue weighted by Gasteiger charge is -2.23. The van der Waals surface area contributed by atoms with Crippen molar-refractivity contribution in [1.82, 2.24) is 20.4 Å². The molecule has 2 aromatic rings. The fraction of sp³-hybridized carbons (Fsp3) is 0.391. The molecule has 0 saturated carbocycles. The van der Waals surface area contributed by atoms with Crippen LogP contribution in [-0.2, 0) is 6.42 Å². The molecule has 0 atom stereocenters. The van der Waals surface area contributed by atoms with Gasteiger partial charge in [-0.3, -0.25) is 4.79 Å². The minimum absolute atomic E-state index is 0.110. The first-order chi connectivity index (χ1) is 14.7. The summed E-state index contributed by atoms with van der Waals surface area (Å²) >= 11 is 0. The molecule has 4 rings (SSSR count). The van der Waals surface area contributed by atoms with Gasteiger partial charge in [-0.25, -0.2) is 4.68 Å². The van der Waals surface area contributed by atoms with Crippen LogP contribution >= 0.6 is 0 Å². The van der Waals surface area contributed by atoms with Crippen LogP contribution in [0.4, 0.5) is 0 Å². The average molecular weight is 409 g/mol. The Labute approximate surface area is 176 Å². The summed E-state index contributed by atoms with van der Waals surface area (Å²) in [6, 6.07) is 7.89. The van der Waals surface area contributed by atoms with E-state index in [1.165, 1.54) is 0 Å². The van der Waals surface area contributed by atoms with Gasteiger partial charge in [-0.1, -0.05) is 12.2 Å². The molecule has 1 aromatic carbocycles. The van der Waals surface area contributed by atoms with E-state index in [-0.39, 0.29) is 11.9 Å². The molecule has 2 aliphatic rings. The molecule has 7 heteroatoms. The lowest BCUT2D eigenvalue weighted by atomic mass is 10.1. The summed E-state index contributed by atoms with van der Waals surface area (Å²) in [4.78, 5) is 12.9. The molecule has 0 aliphatic carbocycles. The molecule has 2 N–H and O–H groups in total. The predicted octanol–water partition coefficient (Wildman–Crippen LogP) is 2.77. The molecule has 2 aliphatic heterocycles. The number of hydrogen-bond acceptors (Lipinski definition) is 5. The maximum atomic E-state index is 12.9. The number of amides is 1. The third kappa shape index (κ3) is 4.26. The van der Waals surface area contributed by atoms with Crippen LogP contribution in [0.3, 0.4) is 0 Å². The molecular weight excluding hydrogens is 380 g/mol. The number of nitrogens with zero attached hydrogens (tertiary/aromatic N) is 2. The Bertz CT molecular complexity index is 971. The molecule has 158 valence electrons. The van der Waals surface area contributed by atoms with E-state index in [1.54, 1.807) is 14.2 Å². The quantitative estimate of drug-likeness (QED) is 0.796. The topological polar surface area (TPSA) is 77.4 Å². The number of benzene rings is 1. The van der Waals surface area contributed by atoms with Gasteiger partial charge in [0.2, 0.25) is 0 Å². The van der Waals surface area contributed by atoms with E-state index >= 15 is 0 Å². The van der Waals surface area contributed by atoms with Gasteiger partial charge in [0, 0.05) is 17.3 Å². The van der Waals surface area contributed by atoms with Crippen LogP contribution in [0.25, 0.3) is 5.70 Å². The minimum Gasteiger partial charge on any atom is -0.493 e. The number of carbonyl (C=O) groups excluding carboxylic acids is 1. The largest absolute Gasteiger partial charge is 0.493 e. The SMILES string of the molecule is COc1ccc(/C2=C/C=C\CCc3cc(C(=O)NC4CCNCC4)nn32)cc1OC. The lowest BCUT2D eigenvalue weighted by molar-refractivity contribution is 0.0924. The van der Waals surface area contributed by atoms with Crippen molar-refractivity contribution in [3.8, 4) is 11.5 Å². The highest BCUT2D eigenvalue weighted by atomic mass is 16.5. The zero-order valence-corrected chi connectivity index (χ0v) is 17.5. The summed E-state index contributed by atoms with van der Waals surface area (Å²) in [5, 5.41) is 11.1. The van der Waals surface area contributed by atoms with E-state index in [1.807, 2.05) is 41.1 Å². The Balaban J connectivity index is 1.66. The highest BCUT2D eigenvalue weighted by molar-refractivity contribution is 5.93. The molecule has 0 unspecified atom stereocenters. The van der Waals surface area contributed by atoms with Crippen molar-refractivity contribution < 1.29 is 14.3 Å². The summed E-state index contributed by atoms with van der Waals surface area (Å²) in [5.74, 6) is 1.21. The van der Waals surface area contributed by atoms with E-state index in [0.29, 0.717) is 17.2 Å². The molecular formula is C23H28N4O3. The van der Waals surface area contributed by atoms with Gasteiger partial charge < -0.3 is 20.1 Å². The number of ether oxygens (including phenoxy) is 2. The molecule has 0 bridgehead atoms. The van der Waals surface area contributed by atoms with Crippen LogP contribution in [0.5, 0.6) is 11.5 Å². The molecule has 0 spiro atoms. The Kier molecular flexibility index (Phi) is 6.18. The number of rotatable bonds is 5. The summed E-state index contributed by atoms with van der Waals surface area (Å²) in [5.41, 5.74) is 3.30. The van der Waals surface area contributed by atoms with Gasteiger partial charge >= 0.3 is 0 Å². The molecule has 1 fully saturated rings. The number of nitrogens with one attached hydrogen (secondary N) is 2. The number of aryl methyl sites for hydroxylation is 1. The number of fused-ring (bicyclic) bond motifs is 1. The smallest absolute Gasteiger partial charge is 0.272 e. The summed E-state index contributed by atoms with van der Waals surface area (Å²) in [6.45, 7) is 1.87. The van der Waals surface area contributed by atoms with Gasteiger partial charge in [-0.15, -0.1) is 0 Å². The van der Waals surface area contributed by atoms with E-state index in [9.17, 15) is 4.79 Å². The molecule has 0 radical (unpaired) electrons. The first kappa shape index (κ1) is 20.2. The van der Waals surface area contributed by atoms with Crippen molar-refractivity contribution >= 4 is 11.6 Å². The van der Waals surface area contributed by atoms with Crippen molar-refractivity contribution in [1.29, 1.82) is 0 Å². The first-order valence-electron chi connectivity index (χ1n) is 10.4. The number of piperidine rings is 1. The maximum Gasteiger partial charge on any atom is 0.272 e. The fourth-order valence-electron chi connectivity index (χ4n) is 3.91. The number of hydrogen-bond donors (Lipinski definition) is 2. The second-order valence-electron chi connectivity index (χ2n) is 7.52. The van der Waals surface area contributed by atoms with Crippen LogP contribution in [0.15, 0.2) is 42.5 Å². The van der Waals surface area contributed by atoms with E-state index in [2.05, 4.69) is 21.8 Å². The molecule has 7 nitrogen and oxygen atoms in total. The molecule has 1 aromatic heterocycles. The van der Waals surface area contributed by atoms with Crippen molar-refractivity contribution in [2.24, 2.45) is 0 Å². The van der Waals surface area contributed by atoms with Crippen LogP contribution in [0, 0.1) is 0 Å². The molecule has 30 heavy (non-hydrogen) atoms. The number of methoxy groups -OCH3 is 2. The van der Waals surface area contributed by atoms with Gasteiger partial charge in [0.1, 0.15) is 0 Å². The highest BCUT2D eigenvalue weighted by Gasteiger charge is 2.21. The summed E-state index contributed by atoms with van der Waals surface area (Å²) < 4.78 is 12.7. The lowest BCUT2D eigenvalue weighted by Crippen LogP contribution is -2.42. The minimum atomic E-state index is -0.110. The van der Waals surface area contributed by atoms with Gasteiger partial charge in [0.25, 0.3) is 5.91 Å². The van der Waals surface area contributed by atoms with Crippen molar-refractivity contribution in [3.05, 3.63) is 59.4 Å². The monoisotopic (exact) mass is 408 g/mol. The zero-order chi connectivity index (χ0) is 20.9. The summed E-state index contributed by atoms with van der Waals surface area (Å²) in [7, 11) is 3.24. The Morgan fingerprint density at radius 3 is 2.73 bits per heavy atom.